The molecule has 0 aliphatic carbocycles. The summed E-state index contributed by atoms with van der Waals surface area (Å²) in [5, 5.41) is 4.80. The second-order valence-corrected chi connectivity index (χ2v) is 21.7. The van der Waals surface area contributed by atoms with E-state index in [1.807, 2.05) is 6.20 Å². The van der Waals surface area contributed by atoms with Gasteiger partial charge in [0.25, 0.3) is 0 Å². The van der Waals surface area contributed by atoms with Crippen LogP contribution in [0.3, 0.4) is 0 Å². The van der Waals surface area contributed by atoms with Crippen molar-refractivity contribution in [2.45, 2.75) is 98.8 Å². The highest BCUT2D eigenvalue weighted by atomic mass is 15.1. The van der Waals surface area contributed by atoms with Gasteiger partial charge in [-0.1, -0.05) is 154 Å². The smallest absolute Gasteiger partial charge is 0.147 e. The zero-order valence-electron chi connectivity index (χ0n) is 41.4. The summed E-state index contributed by atoms with van der Waals surface area (Å²) < 4.78 is 4.80. The van der Waals surface area contributed by atoms with E-state index >= 15 is 0 Å². The van der Waals surface area contributed by atoms with Crippen LogP contribution in [0.1, 0.15) is 109 Å². The lowest BCUT2D eigenvalue weighted by Gasteiger charge is -2.22. The summed E-state index contributed by atoms with van der Waals surface area (Å²) >= 11 is 0. The first-order valence-electron chi connectivity index (χ1n) is 24.4. The number of aryl methyl sites for hydroxylation is 1. The molecule has 5 nitrogen and oxygen atoms in total. The van der Waals surface area contributed by atoms with E-state index in [1.54, 1.807) is 0 Å². The number of para-hydroxylation sites is 2. The predicted molar refractivity (Wildman–Crippen MR) is 289 cm³/mol. The number of benzene rings is 7. The second kappa shape index (κ2) is 15.9. The molecule has 0 fully saturated rings. The molecule has 0 saturated heterocycles. The predicted octanol–water partition coefficient (Wildman–Crippen LogP) is 17.3. The molecule has 5 heteroatoms. The summed E-state index contributed by atoms with van der Waals surface area (Å²) in [5.74, 6) is 2.58. The van der Waals surface area contributed by atoms with Gasteiger partial charge < -0.3 is 4.98 Å². The molecule has 338 valence electrons. The van der Waals surface area contributed by atoms with Gasteiger partial charge in [0.15, 0.2) is 0 Å². The van der Waals surface area contributed by atoms with E-state index in [0.717, 1.165) is 67.1 Å². The van der Waals surface area contributed by atoms with E-state index in [9.17, 15) is 0 Å². The van der Waals surface area contributed by atoms with Crippen LogP contribution in [0.5, 0.6) is 0 Å². The maximum absolute atomic E-state index is 5.80. The highest BCUT2D eigenvalue weighted by molar-refractivity contribution is 6.13. The molecule has 68 heavy (non-hydrogen) atoms. The lowest BCUT2D eigenvalue weighted by molar-refractivity contribution is 0.590. The summed E-state index contributed by atoms with van der Waals surface area (Å²) in [4.78, 5) is 14.7. The van der Waals surface area contributed by atoms with Gasteiger partial charge >= 0.3 is 0 Å². The summed E-state index contributed by atoms with van der Waals surface area (Å²) in [5.41, 5.74) is 19.7. The number of nitrogens with one attached hydrogen (secondary N) is 1. The number of rotatable bonds is 7. The average molecular weight is 888 g/mol. The molecule has 0 atom stereocenters. The fourth-order valence-corrected chi connectivity index (χ4v) is 10.6. The molecule has 4 heterocycles. The third-order valence-corrected chi connectivity index (χ3v) is 14.2. The van der Waals surface area contributed by atoms with E-state index in [0.29, 0.717) is 11.8 Å². The van der Waals surface area contributed by atoms with Crippen molar-refractivity contribution in [1.29, 1.82) is 0 Å². The summed E-state index contributed by atoms with van der Waals surface area (Å²) in [6.45, 7) is 25.2. The van der Waals surface area contributed by atoms with Gasteiger partial charge in [0.1, 0.15) is 11.6 Å². The number of hydrogen-bond donors (Lipinski definition) is 1. The number of nitrogens with zero attached hydrogens (tertiary/aromatic N) is 4. The largest absolute Gasteiger partial charge is 0.354 e. The number of H-pyrrole nitrogens is 1. The van der Waals surface area contributed by atoms with Gasteiger partial charge in [0.05, 0.1) is 27.6 Å². The zero-order valence-corrected chi connectivity index (χ0v) is 41.4. The Bertz CT molecular complexity index is 3750. The first-order chi connectivity index (χ1) is 32.5. The third kappa shape index (κ3) is 7.13. The molecule has 11 rings (SSSR count). The third-order valence-electron chi connectivity index (χ3n) is 14.2. The molecular weight excluding hydrogens is 827 g/mol. The van der Waals surface area contributed by atoms with Gasteiger partial charge in [-0.2, -0.15) is 0 Å². The Morgan fingerprint density at radius 2 is 1.16 bits per heavy atom. The van der Waals surface area contributed by atoms with Crippen molar-refractivity contribution in [1.82, 2.24) is 24.1 Å². The van der Waals surface area contributed by atoms with Crippen LogP contribution in [0, 0.1) is 6.92 Å². The van der Waals surface area contributed by atoms with Gasteiger partial charge in [-0.3, -0.25) is 9.13 Å². The van der Waals surface area contributed by atoms with Crippen LogP contribution in [0.2, 0.25) is 0 Å². The van der Waals surface area contributed by atoms with E-state index < -0.39 is 0 Å². The van der Waals surface area contributed by atoms with Crippen molar-refractivity contribution in [2.24, 2.45) is 0 Å². The number of aromatic amines is 1. The first-order valence-corrected chi connectivity index (χ1v) is 24.4. The van der Waals surface area contributed by atoms with Crippen LogP contribution in [0.4, 0.5) is 0 Å². The van der Waals surface area contributed by atoms with Crippen LogP contribution < -0.4 is 0 Å². The molecule has 0 spiro atoms. The minimum absolute atomic E-state index is 0.0409. The molecule has 7 aromatic carbocycles. The lowest BCUT2D eigenvalue weighted by atomic mass is 9.84. The van der Waals surface area contributed by atoms with Crippen LogP contribution >= 0.6 is 0 Å². The van der Waals surface area contributed by atoms with E-state index in [-0.39, 0.29) is 10.8 Å². The molecule has 0 radical (unpaired) electrons. The summed E-state index contributed by atoms with van der Waals surface area (Å²) in [6, 6.07) is 54.3. The second-order valence-electron chi connectivity index (χ2n) is 21.7. The van der Waals surface area contributed by atoms with Crippen LogP contribution in [-0.4, -0.2) is 24.1 Å². The van der Waals surface area contributed by atoms with E-state index in [1.165, 1.54) is 60.5 Å². The summed E-state index contributed by atoms with van der Waals surface area (Å²) in [6.07, 6.45) is 1.94. The van der Waals surface area contributed by atoms with Crippen LogP contribution in [0.25, 0.3) is 99.8 Å². The number of pyridine rings is 1. The first kappa shape index (κ1) is 43.3. The maximum Gasteiger partial charge on any atom is 0.147 e. The topological polar surface area (TPSA) is 51.4 Å². The highest BCUT2D eigenvalue weighted by Gasteiger charge is 2.27. The fraction of sp³-hybridized carbons (Fsp3) is 0.238. The Hall–Kier alpha value is -7.24. The van der Waals surface area contributed by atoms with Gasteiger partial charge in [-0.15, -0.1) is 0 Å². The van der Waals surface area contributed by atoms with E-state index in [2.05, 4.69) is 236 Å². The fourth-order valence-electron chi connectivity index (χ4n) is 10.6. The molecule has 0 saturated carbocycles. The Kier molecular flexibility index (Phi) is 10.2. The monoisotopic (exact) mass is 887 g/mol. The van der Waals surface area contributed by atoms with Gasteiger partial charge in [0, 0.05) is 50.1 Å². The van der Waals surface area contributed by atoms with Gasteiger partial charge in [-0.05, 0) is 135 Å². The molecule has 0 aliphatic heterocycles. The molecule has 0 amide bonds. The number of imidazole rings is 1. The van der Waals surface area contributed by atoms with Crippen LogP contribution in [0.15, 0.2) is 152 Å². The quantitative estimate of drug-likeness (QED) is 0.173. The SMILES string of the molecule is Cc1ccnc(-n2c3cc(-c4c(C(C)C)cccc4C(C)C)ccc3c3ccc(-c4cc(C(C)(C)C)cc5c4nc(-c4cccc6c4[nH]c4ccccc46)n5-c4cccc(C(C)(C)C)c4)cc32)c1. The molecule has 0 aliphatic rings. The van der Waals surface area contributed by atoms with Crippen molar-refractivity contribution in [3.05, 3.63) is 180 Å². The number of fused-ring (bicyclic) bond motifs is 7. The Labute approximate surface area is 400 Å². The minimum atomic E-state index is -0.148. The van der Waals surface area contributed by atoms with Gasteiger partial charge in [0.2, 0.25) is 0 Å². The van der Waals surface area contributed by atoms with Crippen molar-refractivity contribution < 1.29 is 0 Å². The molecule has 4 aromatic heterocycles. The highest BCUT2D eigenvalue weighted by Crippen LogP contribution is 2.44. The average Bonchev–Trinajstić information content (AvgIpc) is 4.00. The minimum Gasteiger partial charge on any atom is -0.354 e. The van der Waals surface area contributed by atoms with E-state index in [4.69, 9.17) is 9.97 Å². The number of hydrogen-bond acceptors (Lipinski definition) is 2. The normalized spacial score (nSPS) is 12.6. The van der Waals surface area contributed by atoms with Gasteiger partial charge in [-0.25, -0.2) is 9.97 Å². The summed E-state index contributed by atoms with van der Waals surface area (Å²) in [7, 11) is 0. The Morgan fingerprint density at radius 3 is 1.85 bits per heavy atom. The Morgan fingerprint density at radius 1 is 0.515 bits per heavy atom. The van der Waals surface area contributed by atoms with Crippen molar-refractivity contribution in [2.75, 3.05) is 0 Å². The van der Waals surface area contributed by atoms with Crippen LogP contribution in [-0.2, 0) is 10.8 Å². The zero-order chi connectivity index (χ0) is 47.4. The molecule has 11 aromatic rings. The molecule has 0 bridgehead atoms. The lowest BCUT2D eigenvalue weighted by Crippen LogP contribution is -2.12. The maximum atomic E-state index is 5.80. The van der Waals surface area contributed by atoms with Crippen molar-refractivity contribution in [3.63, 3.8) is 0 Å². The Balaban J connectivity index is 1.22. The number of aromatic nitrogens is 5. The van der Waals surface area contributed by atoms with Crippen molar-refractivity contribution >= 4 is 54.6 Å². The molecule has 1 N–H and O–H groups in total. The molecular formula is C63H61N5. The molecule has 0 unspecified atom stereocenters. The van der Waals surface area contributed by atoms with Crippen molar-refractivity contribution in [3.8, 4) is 45.1 Å². The standard InChI is InChI=1S/C63H61N5/c1-37(2)45-20-15-21-46(38(3)4)58(45)41-26-28-49-48-27-25-40(32-54(48)68(55(49)33-41)57-31-39(5)29-30-64-57)52-35-43(63(9,10)11)36-56-60(52)66-61(67(56)44-18-14-17-42(34-44)62(6,7)8)51-23-16-22-50-47-19-12-13-24-53(47)65-59(50)51/h12-38,65H,1-11H3.